The molecule has 0 atom stereocenters. The Kier molecular flexibility index (Phi) is 5.45. The van der Waals surface area contributed by atoms with Crippen molar-refractivity contribution in [2.24, 2.45) is 0 Å². The molecule has 0 amide bonds. The highest BCUT2D eigenvalue weighted by Gasteiger charge is 1.90. The van der Waals surface area contributed by atoms with Crippen LogP contribution in [-0.2, 0) is 6.54 Å². The van der Waals surface area contributed by atoms with E-state index in [1.54, 1.807) is 6.20 Å². The highest BCUT2D eigenvalue weighted by molar-refractivity contribution is 4.74. The van der Waals surface area contributed by atoms with Gasteiger partial charge in [0.1, 0.15) is 0 Å². The maximum atomic E-state index is 8.31. The zero-order valence-corrected chi connectivity index (χ0v) is 8.32. The predicted molar refractivity (Wildman–Crippen MR) is 54.6 cm³/mol. The molecule has 1 aromatic heterocycles. The minimum Gasteiger partial charge on any atom is -0.336 e. The molecule has 1 heterocycles. The minimum absolute atomic E-state index is 0.670. The molecule has 0 unspecified atom stereocenters. The number of hydrogen-bond acceptors (Lipinski definition) is 3. The fourth-order valence-corrected chi connectivity index (χ4v) is 1.21. The van der Waals surface area contributed by atoms with Crippen molar-refractivity contribution in [1.82, 2.24) is 14.9 Å². The van der Waals surface area contributed by atoms with Crippen LogP contribution in [0, 0.1) is 11.3 Å². The third kappa shape index (κ3) is 4.63. The van der Waals surface area contributed by atoms with Crippen molar-refractivity contribution >= 4 is 0 Å². The standard InChI is InChI=1S/C10H16N4/c11-4-2-1-3-5-12-6-8-14-9-7-13-10-14/h7,9-10,12H,1-3,5-6,8H2. The smallest absolute Gasteiger partial charge is 0.0946 e. The van der Waals surface area contributed by atoms with E-state index in [-0.39, 0.29) is 0 Å². The number of unbranched alkanes of at least 4 members (excludes halogenated alkanes) is 2. The lowest BCUT2D eigenvalue weighted by Gasteiger charge is -2.03. The molecule has 0 radical (unpaired) electrons. The van der Waals surface area contributed by atoms with Crippen molar-refractivity contribution in [2.45, 2.75) is 25.8 Å². The molecular weight excluding hydrogens is 176 g/mol. The summed E-state index contributed by atoms with van der Waals surface area (Å²) in [6.07, 6.45) is 8.30. The average Bonchev–Trinajstić information content (AvgIpc) is 2.69. The summed E-state index contributed by atoms with van der Waals surface area (Å²) in [5, 5.41) is 11.6. The molecule has 0 saturated carbocycles. The number of nitrogens with one attached hydrogen (secondary N) is 1. The third-order valence-electron chi connectivity index (χ3n) is 2.00. The molecule has 0 fully saturated rings. The summed E-state index contributed by atoms with van der Waals surface area (Å²) in [6.45, 7) is 2.91. The summed E-state index contributed by atoms with van der Waals surface area (Å²) in [5.41, 5.74) is 0. The number of rotatable bonds is 7. The molecule has 4 heteroatoms. The van der Waals surface area contributed by atoms with Crippen LogP contribution in [0.3, 0.4) is 0 Å². The van der Waals surface area contributed by atoms with Gasteiger partial charge in [0.15, 0.2) is 0 Å². The van der Waals surface area contributed by atoms with Gasteiger partial charge in [0.25, 0.3) is 0 Å². The van der Waals surface area contributed by atoms with Gasteiger partial charge in [-0.15, -0.1) is 0 Å². The quantitative estimate of drug-likeness (QED) is 0.660. The zero-order valence-electron chi connectivity index (χ0n) is 8.32. The molecule has 0 bridgehead atoms. The Balaban J connectivity index is 1.88. The van der Waals surface area contributed by atoms with Crippen LogP contribution in [0.4, 0.5) is 0 Å². The molecule has 1 rings (SSSR count). The number of hydrogen-bond donors (Lipinski definition) is 1. The van der Waals surface area contributed by atoms with Crippen molar-refractivity contribution in [3.63, 3.8) is 0 Å². The first-order valence-corrected chi connectivity index (χ1v) is 4.97. The summed E-state index contributed by atoms with van der Waals surface area (Å²) in [7, 11) is 0. The van der Waals surface area contributed by atoms with E-state index in [1.165, 1.54) is 0 Å². The highest BCUT2D eigenvalue weighted by Crippen LogP contribution is 1.91. The largest absolute Gasteiger partial charge is 0.336 e. The molecule has 0 spiro atoms. The molecule has 1 aromatic rings. The summed E-state index contributed by atoms with van der Waals surface area (Å²) in [5.74, 6) is 0. The summed E-state index contributed by atoms with van der Waals surface area (Å²) >= 11 is 0. The van der Waals surface area contributed by atoms with Crippen LogP contribution >= 0.6 is 0 Å². The van der Waals surface area contributed by atoms with Gasteiger partial charge in [-0.2, -0.15) is 5.26 Å². The van der Waals surface area contributed by atoms with E-state index < -0.39 is 0 Å². The molecular formula is C10H16N4. The third-order valence-corrected chi connectivity index (χ3v) is 2.00. The minimum atomic E-state index is 0.670. The van der Waals surface area contributed by atoms with Gasteiger partial charge in [-0.25, -0.2) is 4.98 Å². The Bertz CT molecular complexity index is 260. The first kappa shape index (κ1) is 10.7. The summed E-state index contributed by atoms with van der Waals surface area (Å²) < 4.78 is 2.04. The van der Waals surface area contributed by atoms with E-state index in [9.17, 15) is 0 Å². The van der Waals surface area contributed by atoms with Crippen molar-refractivity contribution in [3.05, 3.63) is 18.7 Å². The van der Waals surface area contributed by atoms with Crippen LogP contribution in [0.15, 0.2) is 18.7 Å². The zero-order chi connectivity index (χ0) is 10.1. The maximum absolute atomic E-state index is 8.31. The van der Waals surface area contributed by atoms with Crippen molar-refractivity contribution in [1.29, 1.82) is 5.26 Å². The van der Waals surface area contributed by atoms with Gasteiger partial charge in [-0.05, 0) is 19.4 Å². The topological polar surface area (TPSA) is 53.6 Å². The van der Waals surface area contributed by atoms with Gasteiger partial charge >= 0.3 is 0 Å². The van der Waals surface area contributed by atoms with Crippen LogP contribution in [0.1, 0.15) is 19.3 Å². The fraction of sp³-hybridized carbons (Fsp3) is 0.600. The molecule has 0 aliphatic heterocycles. The van der Waals surface area contributed by atoms with Crippen molar-refractivity contribution in [3.8, 4) is 6.07 Å². The van der Waals surface area contributed by atoms with Crippen molar-refractivity contribution < 1.29 is 0 Å². The van der Waals surface area contributed by atoms with Gasteiger partial charge in [0, 0.05) is 31.9 Å². The first-order chi connectivity index (χ1) is 6.93. The molecule has 0 aliphatic carbocycles. The lowest BCUT2D eigenvalue weighted by Crippen LogP contribution is -2.20. The molecule has 1 N–H and O–H groups in total. The first-order valence-electron chi connectivity index (χ1n) is 4.97. The molecule has 0 aliphatic rings. The number of nitrogens with zero attached hydrogens (tertiary/aromatic N) is 3. The Morgan fingerprint density at radius 1 is 1.36 bits per heavy atom. The Hall–Kier alpha value is -1.34. The second-order valence-electron chi connectivity index (χ2n) is 3.17. The molecule has 14 heavy (non-hydrogen) atoms. The molecule has 4 nitrogen and oxygen atoms in total. The van der Waals surface area contributed by atoms with E-state index in [0.29, 0.717) is 6.42 Å². The van der Waals surface area contributed by atoms with Gasteiger partial charge in [-0.3, -0.25) is 0 Å². The van der Waals surface area contributed by atoms with Gasteiger partial charge in [0.2, 0.25) is 0 Å². The van der Waals surface area contributed by atoms with E-state index in [2.05, 4.69) is 16.4 Å². The molecule has 76 valence electrons. The van der Waals surface area contributed by atoms with E-state index in [0.717, 1.165) is 32.5 Å². The van der Waals surface area contributed by atoms with Crippen molar-refractivity contribution in [2.75, 3.05) is 13.1 Å². The normalized spacial score (nSPS) is 9.93. The van der Waals surface area contributed by atoms with Gasteiger partial charge in [-0.1, -0.05) is 0 Å². The van der Waals surface area contributed by atoms with E-state index in [4.69, 9.17) is 5.26 Å². The average molecular weight is 192 g/mol. The predicted octanol–water partition coefficient (Wildman–Crippen LogP) is 1.17. The highest BCUT2D eigenvalue weighted by atomic mass is 15.0. The Morgan fingerprint density at radius 2 is 2.29 bits per heavy atom. The van der Waals surface area contributed by atoms with Gasteiger partial charge < -0.3 is 9.88 Å². The number of aromatic nitrogens is 2. The lowest BCUT2D eigenvalue weighted by molar-refractivity contribution is 0.574. The van der Waals surface area contributed by atoms with E-state index >= 15 is 0 Å². The SMILES string of the molecule is N#CCCCCNCCn1ccnc1. The van der Waals surface area contributed by atoms with Crippen LogP contribution in [0.25, 0.3) is 0 Å². The second-order valence-corrected chi connectivity index (χ2v) is 3.17. The fourth-order valence-electron chi connectivity index (χ4n) is 1.21. The van der Waals surface area contributed by atoms with Crippen LogP contribution in [0.2, 0.25) is 0 Å². The molecule has 0 aromatic carbocycles. The number of imidazole rings is 1. The lowest BCUT2D eigenvalue weighted by atomic mass is 10.2. The Morgan fingerprint density at radius 3 is 3.00 bits per heavy atom. The summed E-state index contributed by atoms with van der Waals surface area (Å²) in [6, 6.07) is 2.14. The van der Waals surface area contributed by atoms with Crippen LogP contribution in [0.5, 0.6) is 0 Å². The Labute approximate surface area is 84.6 Å². The van der Waals surface area contributed by atoms with Gasteiger partial charge in [0.05, 0.1) is 12.4 Å². The maximum Gasteiger partial charge on any atom is 0.0946 e. The monoisotopic (exact) mass is 192 g/mol. The molecule has 0 saturated heterocycles. The summed E-state index contributed by atoms with van der Waals surface area (Å²) in [4.78, 5) is 3.96. The van der Waals surface area contributed by atoms with E-state index in [1.807, 2.05) is 17.1 Å². The van der Waals surface area contributed by atoms with Crippen LogP contribution in [-0.4, -0.2) is 22.6 Å². The van der Waals surface area contributed by atoms with Crippen LogP contribution < -0.4 is 5.32 Å². The second kappa shape index (κ2) is 7.10. The number of nitriles is 1.